The van der Waals surface area contributed by atoms with Crippen LogP contribution in [0.4, 0.5) is 5.69 Å². The van der Waals surface area contributed by atoms with Crippen molar-refractivity contribution in [2.24, 2.45) is 5.73 Å². The second-order valence-electron chi connectivity index (χ2n) is 4.17. The van der Waals surface area contributed by atoms with Crippen LogP contribution in [0.1, 0.15) is 13.8 Å². The molecule has 3 N–H and O–H groups in total. The van der Waals surface area contributed by atoms with E-state index >= 15 is 0 Å². The van der Waals surface area contributed by atoms with Crippen LogP contribution in [0.2, 0.25) is 0 Å². The first-order valence-electron chi connectivity index (χ1n) is 6.64. The van der Waals surface area contributed by atoms with Crippen molar-refractivity contribution in [2.75, 3.05) is 38.1 Å². The van der Waals surface area contributed by atoms with Crippen LogP contribution in [0.25, 0.3) is 0 Å². The molecular weight excluding hydrogens is 278 g/mol. The molecule has 1 rings (SSSR count). The van der Waals surface area contributed by atoms with Crippen LogP contribution in [0, 0.1) is 0 Å². The van der Waals surface area contributed by atoms with Crippen LogP contribution in [0.15, 0.2) is 24.3 Å². The third-order valence-corrected chi connectivity index (χ3v) is 2.79. The van der Waals surface area contributed by atoms with Crippen molar-refractivity contribution in [1.82, 2.24) is 4.90 Å². The van der Waals surface area contributed by atoms with E-state index in [-0.39, 0.29) is 18.3 Å². The van der Waals surface area contributed by atoms with Crippen LogP contribution >= 0.6 is 12.4 Å². The van der Waals surface area contributed by atoms with Gasteiger partial charge in [0.1, 0.15) is 12.4 Å². The van der Waals surface area contributed by atoms with Crippen molar-refractivity contribution in [3.8, 4) is 5.75 Å². The average molecular weight is 302 g/mol. The van der Waals surface area contributed by atoms with Gasteiger partial charge in [-0.05, 0) is 37.4 Å². The molecule has 0 unspecified atom stereocenters. The van der Waals surface area contributed by atoms with Gasteiger partial charge in [0.25, 0.3) is 0 Å². The van der Waals surface area contributed by atoms with E-state index in [2.05, 4.69) is 10.2 Å². The summed E-state index contributed by atoms with van der Waals surface area (Å²) < 4.78 is 5.37. The minimum absolute atomic E-state index is 0. The maximum atomic E-state index is 11.8. The smallest absolute Gasteiger partial charge is 0.238 e. The van der Waals surface area contributed by atoms with Crippen molar-refractivity contribution in [1.29, 1.82) is 0 Å². The molecule has 0 fully saturated rings. The Bertz CT molecular complexity index is 381. The molecule has 0 saturated carbocycles. The van der Waals surface area contributed by atoms with E-state index in [0.29, 0.717) is 19.7 Å². The number of hydrogen-bond acceptors (Lipinski definition) is 4. The van der Waals surface area contributed by atoms with Crippen LogP contribution in [0.3, 0.4) is 0 Å². The highest BCUT2D eigenvalue weighted by Crippen LogP contribution is 2.15. The van der Waals surface area contributed by atoms with E-state index in [4.69, 9.17) is 10.5 Å². The molecule has 114 valence electrons. The number of nitrogens with two attached hydrogens (primary N) is 1. The number of halogens is 1. The van der Waals surface area contributed by atoms with Gasteiger partial charge < -0.3 is 15.8 Å². The van der Waals surface area contributed by atoms with Crippen LogP contribution in [-0.4, -0.2) is 43.6 Å². The number of carbonyl (C=O) groups is 1. The minimum Gasteiger partial charge on any atom is -0.492 e. The molecule has 0 spiro atoms. The zero-order valence-corrected chi connectivity index (χ0v) is 12.9. The number of anilines is 1. The lowest BCUT2D eigenvalue weighted by Gasteiger charge is -2.17. The fourth-order valence-electron chi connectivity index (χ4n) is 1.66. The van der Waals surface area contributed by atoms with Crippen molar-refractivity contribution in [3.63, 3.8) is 0 Å². The number of carbonyl (C=O) groups excluding carboxylic acids is 1. The van der Waals surface area contributed by atoms with Gasteiger partial charge in [-0.15, -0.1) is 12.4 Å². The summed E-state index contributed by atoms with van der Waals surface area (Å²) in [5, 5.41) is 2.86. The van der Waals surface area contributed by atoms with Gasteiger partial charge in [-0.1, -0.05) is 13.8 Å². The van der Waals surface area contributed by atoms with E-state index in [1.807, 2.05) is 38.1 Å². The third-order valence-electron chi connectivity index (χ3n) is 2.79. The summed E-state index contributed by atoms with van der Waals surface area (Å²) in [7, 11) is 0. The second-order valence-corrected chi connectivity index (χ2v) is 4.17. The maximum absolute atomic E-state index is 11.8. The van der Waals surface area contributed by atoms with E-state index < -0.39 is 0 Å². The monoisotopic (exact) mass is 301 g/mol. The van der Waals surface area contributed by atoms with E-state index in [0.717, 1.165) is 24.5 Å². The number of rotatable bonds is 8. The lowest BCUT2D eigenvalue weighted by molar-refractivity contribution is -0.117. The molecule has 0 heterocycles. The third kappa shape index (κ3) is 6.75. The summed E-state index contributed by atoms with van der Waals surface area (Å²) in [6, 6.07) is 7.29. The summed E-state index contributed by atoms with van der Waals surface area (Å²) in [5.74, 6) is 0.756. The van der Waals surface area contributed by atoms with Crippen LogP contribution in [0.5, 0.6) is 5.75 Å². The first-order valence-corrected chi connectivity index (χ1v) is 6.64. The molecule has 0 radical (unpaired) electrons. The molecule has 0 atom stereocenters. The topological polar surface area (TPSA) is 67.6 Å². The van der Waals surface area contributed by atoms with E-state index in [1.54, 1.807) is 0 Å². The van der Waals surface area contributed by atoms with Gasteiger partial charge in [0.15, 0.2) is 0 Å². The Kier molecular flexibility index (Phi) is 9.80. The normalized spacial score (nSPS) is 10.0. The number of benzene rings is 1. The number of likely N-dealkylation sites (N-methyl/N-ethyl adjacent to an activating group) is 1. The Morgan fingerprint density at radius 1 is 1.25 bits per heavy atom. The number of hydrogen-bond donors (Lipinski definition) is 2. The predicted octanol–water partition coefficient (Wildman–Crippen LogP) is 1.73. The minimum atomic E-state index is -0.000624. The number of ether oxygens (including phenoxy) is 1. The first kappa shape index (κ1) is 18.7. The average Bonchev–Trinajstić information content (AvgIpc) is 2.44. The molecule has 6 heteroatoms. The summed E-state index contributed by atoms with van der Waals surface area (Å²) >= 11 is 0. The Morgan fingerprint density at radius 3 is 2.35 bits per heavy atom. The second kappa shape index (κ2) is 10.5. The lowest BCUT2D eigenvalue weighted by atomic mass is 10.3. The molecular formula is C14H24ClN3O2. The highest BCUT2D eigenvalue weighted by Gasteiger charge is 2.07. The zero-order valence-electron chi connectivity index (χ0n) is 12.1. The number of nitrogens with zero attached hydrogens (tertiary/aromatic N) is 1. The highest BCUT2D eigenvalue weighted by atomic mass is 35.5. The molecule has 20 heavy (non-hydrogen) atoms. The van der Waals surface area contributed by atoms with Gasteiger partial charge in [-0.3, -0.25) is 9.69 Å². The van der Waals surface area contributed by atoms with Gasteiger partial charge in [0.2, 0.25) is 5.91 Å². The standard InChI is InChI=1S/C14H23N3O2.ClH/c1-3-17(4-2)11-14(18)16-12-5-7-13(8-6-12)19-10-9-15;/h5-8H,3-4,9-11,15H2,1-2H3,(H,16,18);1H. The van der Waals surface area contributed by atoms with Crippen molar-refractivity contribution >= 4 is 24.0 Å². The fourth-order valence-corrected chi connectivity index (χ4v) is 1.66. The van der Waals surface area contributed by atoms with Crippen LogP contribution in [-0.2, 0) is 4.79 Å². The molecule has 0 aromatic heterocycles. The SMILES string of the molecule is CCN(CC)CC(=O)Nc1ccc(OCCN)cc1.Cl. The molecule has 1 amide bonds. The molecule has 0 bridgehead atoms. The predicted molar refractivity (Wildman–Crippen MR) is 84.7 cm³/mol. The Hall–Kier alpha value is -1.30. The summed E-state index contributed by atoms with van der Waals surface area (Å²) in [4.78, 5) is 13.9. The van der Waals surface area contributed by atoms with Crippen molar-refractivity contribution < 1.29 is 9.53 Å². The summed E-state index contributed by atoms with van der Waals surface area (Å²) in [6.07, 6.45) is 0. The largest absolute Gasteiger partial charge is 0.492 e. The quantitative estimate of drug-likeness (QED) is 0.767. The molecule has 1 aromatic rings. The molecule has 1 aromatic carbocycles. The lowest BCUT2D eigenvalue weighted by Crippen LogP contribution is -2.32. The molecule has 0 aliphatic rings. The number of amides is 1. The first-order chi connectivity index (χ1) is 9.19. The maximum Gasteiger partial charge on any atom is 0.238 e. The Morgan fingerprint density at radius 2 is 1.85 bits per heavy atom. The molecule has 0 aliphatic heterocycles. The summed E-state index contributed by atoms with van der Waals surface area (Å²) in [6.45, 7) is 7.22. The van der Waals surface area contributed by atoms with Crippen molar-refractivity contribution in [3.05, 3.63) is 24.3 Å². The van der Waals surface area contributed by atoms with E-state index in [9.17, 15) is 4.79 Å². The van der Waals surface area contributed by atoms with E-state index in [1.165, 1.54) is 0 Å². The molecule has 0 aliphatic carbocycles. The Balaban J connectivity index is 0.00000361. The number of nitrogens with one attached hydrogen (secondary N) is 1. The highest BCUT2D eigenvalue weighted by molar-refractivity contribution is 5.92. The Labute approximate surface area is 126 Å². The molecule has 5 nitrogen and oxygen atoms in total. The van der Waals surface area contributed by atoms with Crippen LogP contribution < -0.4 is 15.8 Å². The zero-order chi connectivity index (χ0) is 14.1. The van der Waals surface area contributed by atoms with Crippen molar-refractivity contribution in [2.45, 2.75) is 13.8 Å². The van der Waals surface area contributed by atoms with Gasteiger partial charge in [-0.25, -0.2) is 0 Å². The van der Waals surface area contributed by atoms with Gasteiger partial charge >= 0.3 is 0 Å². The van der Waals surface area contributed by atoms with Gasteiger partial charge in [0, 0.05) is 12.2 Å². The summed E-state index contributed by atoms with van der Waals surface area (Å²) in [5.41, 5.74) is 6.13. The molecule has 0 saturated heterocycles. The van der Waals surface area contributed by atoms with Gasteiger partial charge in [0.05, 0.1) is 6.54 Å². The van der Waals surface area contributed by atoms with Gasteiger partial charge in [-0.2, -0.15) is 0 Å². The fraction of sp³-hybridized carbons (Fsp3) is 0.500.